The van der Waals surface area contributed by atoms with Crippen molar-refractivity contribution >= 4 is 46.1 Å². The van der Waals surface area contributed by atoms with E-state index in [2.05, 4.69) is 15.3 Å². The number of nitrogens with zero attached hydrogens (tertiary/aromatic N) is 1. The second kappa shape index (κ2) is 5.15. The van der Waals surface area contributed by atoms with E-state index in [9.17, 15) is 4.79 Å². The molecule has 3 aromatic rings. The van der Waals surface area contributed by atoms with Crippen molar-refractivity contribution in [2.75, 3.05) is 5.32 Å². The number of fused-ring (bicyclic) bond motifs is 1. The molecule has 0 fully saturated rings. The first-order valence-corrected chi connectivity index (χ1v) is 6.60. The van der Waals surface area contributed by atoms with Gasteiger partial charge >= 0.3 is 0 Å². The summed E-state index contributed by atoms with van der Waals surface area (Å²) in [4.78, 5) is 19.4. The summed E-state index contributed by atoms with van der Waals surface area (Å²) < 4.78 is 0. The fourth-order valence-corrected chi connectivity index (χ4v) is 2.35. The summed E-state index contributed by atoms with van der Waals surface area (Å²) in [7, 11) is 0. The Morgan fingerprint density at radius 1 is 1.15 bits per heavy atom. The molecule has 20 heavy (non-hydrogen) atoms. The summed E-state index contributed by atoms with van der Waals surface area (Å²) >= 11 is 11.8. The highest BCUT2D eigenvalue weighted by atomic mass is 35.5. The first kappa shape index (κ1) is 13.0. The van der Waals surface area contributed by atoms with Gasteiger partial charge in [0.05, 0.1) is 21.6 Å². The molecule has 100 valence electrons. The largest absolute Gasteiger partial charge is 0.324 e. The number of carbonyl (C=O) groups is 1. The average Bonchev–Trinajstić information content (AvgIpc) is 2.80. The van der Waals surface area contributed by atoms with Crippen molar-refractivity contribution in [3.63, 3.8) is 0 Å². The molecule has 0 unspecified atom stereocenters. The molecule has 0 aliphatic rings. The zero-order valence-electron chi connectivity index (χ0n) is 10.2. The molecule has 2 N–H and O–H groups in total. The van der Waals surface area contributed by atoms with E-state index in [0.717, 1.165) is 11.0 Å². The van der Waals surface area contributed by atoms with E-state index in [1.165, 1.54) is 6.07 Å². The van der Waals surface area contributed by atoms with E-state index < -0.39 is 0 Å². The topological polar surface area (TPSA) is 57.8 Å². The molecule has 0 bridgehead atoms. The normalized spacial score (nSPS) is 10.7. The van der Waals surface area contributed by atoms with Crippen LogP contribution < -0.4 is 5.32 Å². The first-order chi connectivity index (χ1) is 9.63. The molecule has 2 aromatic carbocycles. The zero-order valence-corrected chi connectivity index (χ0v) is 11.7. The predicted octanol–water partition coefficient (Wildman–Crippen LogP) is 4.12. The third-order valence-electron chi connectivity index (χ3n) is 2.80. The van der Waals surface area contributed by atoms with Crippen molar-refractivity contribution < 1.29 is 4.79 Å². The highest BCUT2D eigenvalue weighted by molar-refractivity contribution is 6.37. The van der Waals surface area contributed by atoms with Crippen LogP contribution in [0.15, 0.2) is 42.5 Å². The fraction of sp³-hybridized carbons (Fsp3) is 0. The summed E-state index contributed by atoms with van der Waals surface area (Å²) in [5.41, 5.74) is 1.98. The summed E-state index contributed by atoms with van der Waals surface area (Å²) in [6.45, 7) is 0. The van der Waals surface area contributed by atoms with Crippen LogP contribution in [0.2, 0.25) is 10.0 Å². The number of hydrogen-bond acceptors (Lipinski definition) is 2. The fourth-order valence-electron chi connectivity index (χ4n) is 1.86. The third-order valence-corrected chi connectivity index (χ3v) is 3.34. The lowest BCUT2D eigenvalue weighted by Gasteiger charge is -2.04. The Balaban J connectivity index is 1.88. The highest BCUT2D eigenvalue weighted by Gasteiger charge is 2.12. The molecule has 0 aliphatic carbocycles. The maximum absolute atomic E-state index is 12.1. The standard InChI is InChI=1S/C14H9Cl2N3O/c15-8-5-6-9(10(16)7-8)13(20)19-14-17-11-3-1-2-4-12(11)18-14/h1-7H,(H2,17,18,19,20). The van der Waals surface area contributed by atoms with E-state index in [4.69, 9.17) is 23.2 Å². The second-order valence-electron chi connectivity index (χ2n) is 4.18. The minimum atomic E-state index is -0.342. The van der Waals surface area contributed by atoms with Gasteiger partial charge < -0.3 is 4.98 Å². The Hall–Kier alpha value is -2.04. The molecule has 4 nitrogen and oxygen atoms in total. The number of aromatic amines is 1. The first-order valence-electron chi connectivity index (χ1n) is 5.84. The monoisotopic (exact) mass is 305 g/mol. The summed E-state index contributed by atoms with van der Waals surface area (Å²) in [5, 5.41) is 3.45. The van der Waals surface area contributed by atoms with E-state index in [-0.39, 0.29) is 5.91 Å². The Morgan fingerprint density at radius 2 is 1.95 bits per heavy atom. The van der Waals surface area contributed by atoms with Gasteiger partial charge in [0.25, 0.3) is 5.91 Å². The molecule has 0 aliphatic heterocycles. The van der Waals surface area contributed by atoms with Crippen LogP contribution in [0.1, 0.15) is 10.4 Å². The van der Waals surface area contributed by atoms with Gasteiger partial charge in [0, 0.05) is 5.02 Å². The molecule has 1 heterocycles. The number of halogens is 2. The molecular formula is C14H9Cl2N3O. The van der Waals surface area contributed by atoms with Gasteiger partial charge in [-0.15, -0.1) is 0 Å². The lowest BCUT2D eigenvalue weighted by atomic mass is 10.2. The average molecular weight is 306 g/mol. The summed E-state index contributed by atoms with van der Waals surface area (Å²) in [6.07, 6.45) is 0. The summed E-state index contributed by atoms with van der Waals surface area (Å²) in [5.74, 6) is 0.0351. The van der Waals surface area contributed by atoms with E-state index >= 15 is 0 Å². The number of hydrogen-bond donors (Lipinski definition) is 2. The molecule has 6 heteroatoms. The van der Waals surface area contributed by atoms with Crippen molar-refractivity contribution in [1.29, 1.82) is 0 Å². The van der Waals surface area contributed by atoms with Crippen LogP contribution in [-0.4, -0.2) is 15.9 Å². The van der Waals surface area contributed by atoms with Gasteiger partial charge in [0.15, 0.2) is 0 Å². The number of anilines is 1. The molecule has 1 aromatic heterocycles. The number of H-pyrrole nitrogens is 1. The van der Waals surface area contributed by atoms with Crippen LogP contribution in [0.5, 0.6) is 0 Å². The van der Waals surface area contributed by atoms with Crippen LogP contribution in [-0.2, 0) is 0 Å². The minimum Gasteiger partial charge on any atom is -0.324 e. The van der Waals surface area contributed by atoms with Crippen molar-refractivity contribution in [2.24, 2.45) is 0 Å². The third kappa shape index (κ3) is 2.48. The van der Waals surface area contributed by atoms with E-state index in [0.29, 0.717) is 21.6 Å². The van der Waals surface area contributed by atoms with Crippen LogP contribution in [0.25, 0.3) is 11.0 Å². The molecule has 0 saturated heterocycles. The number of nitrogens with one attached hydrogen (secondary N) is 2. The number of aromatic nitrogens is 2. The number of imidazole rings is 1. The Kier molecular flexibility index (Phi) is 3.34. The zero-order chi connectivity index (χ0) is 14.1. The molecule has 0 radical (unpaired) electrons. The van der Waals surface area contributed by atoms with Gasteiger partial charge in [-0.2, -0.15) is 0 Å². The predicted molar refractivity (Wildman–Crippen MR) is 80.5 cm³/mol. The quantitative estimate of drug-likeness (QED) is 0.748. The van der Waals surface area contributed by atoms with Gasteiger partial charge in [-0.1, -0.05) is 35.3 Å². The van der Waals surface area contributed by atoms with Crippen LogP contribution in [0.4, 0.5) is 5.95 Å². The number of amides is 1. The van der Waals surface area contributed by atoms with Crippen molar-refractivity contribution in [1.82, 2.24) is 9.97 Å². The smallest absolute Gasteiger partial charge is 0.259 e. The maximum Gasteiger partial charge on any atom is 0.259 e. The highest BCUT2D eigenvalue weighted by Crippen LogP contribution is 2.22. The van der Waals surface area contributed by atoms with Gasteiger partial charge in [-0.25, -0.2) is 4.98 Å². The number of carbonyl (C=O) groups excluding carboxylic acids is 1. The number of benzene rings is 2. The van der Waals surface area contributed by atoms with Crippen LogP contribution >= 0.6 is 23.2 Å². The van der Waals surface area contributed by atoms with E-state index in [1.54, 1.807) is 12.1 Å². The lowest BCUT2D eigenvalue weighted by molar-refractivity contribution is 0.102. The molecule has 0 spiro atoms. The van der Waals surface area contributed by atoms with Crippen LogP contribution in [0, 0.1) is 0 Å². The molecule has 3 rings (SSSR count). The van der Waals surface area contributed by atoms with Gasteiger partial charge in [-0.3, -0.25) is 10.1 Å². The van der Waals surface area contributed by atoms with Crippen molar-refractivity contribution in [2.45, 2.75) is 0 Å². The summed E-state index contributed by atoms with van der Waals surface area (Å²) in [6, 6.07) is 12.2. The molecule has 1 amide bonds. The van der Waals surface area contributed by atoms with E-state index in [1.807, 2.05) is 24.3 Å². The van der Waals surface area contributed by atoms with Gasteiger partial charge in [-0.05, 0) is 30.3 Å². The SMILES string of the molecule is O=C(Nc1nc2ccccc2[nH]1)c1ccc(Cl)cc1Cl. The number of rotatable bonds is 2. The lowest BCUT2D eigenvalue weighted by Crippen LogP contribution is -2.13. The maximum atomic E-state index is 12.1. The Bertz CT molecular complexity index is 765. The molecular weight excluding hydrogens is 297 g/mol. The van der Waals surface area contributed by atoms with Gasteiger partial charge in [0.2, 0.25) is 5.95 Å². The Morgan fingerprint density at radius 3 is 2.70 bits per heavy atom. The van der Waals surface area contributed by atoms with Crippen molar-refractivity contribution in [3.8, 4) is 0 Å². The van der Waals surface area contributed by atoms with Crippen molar-refractivity contribution in [3.05, 3.63) is 58.1 Å². The number of para-hydroxylation sites is 2. The van der Waals surface area contributed by atoms with Crippen LogP contribution in [0.3, 0.4) is 0 Å². The molecule has 0 atom stereocenters. The van der Waals surface area contributed by atoms with Gasteiger partial charge in [0.1, 0.15) is 0 Å². The second-order valence-corrected chi connectivity index (χ2v) is 5.02. The molecule has 0 saturated carbocycles. The Labute approximate surface area is 124 Å². The minimum absolute atomic E-state index is 0.297.